The number of anilines is 1. The number of phenolic OH excluding ortho intramolecular Hbond substituents is 1. The lowest BCUT2D eigenvalue weighted by molar-refractivity contribution is 0.0926. The van der Waals surface area contributed by atoms with Crippen LogP contribution in [-0.4, -0.2) is 16.9 Å². The van der Waals surface area contributed by atoms with Gasteiger partial charge in [-0.25, -0.2) is 13.7 Å². The summed E-state index contributed by atoms with van der Waals surface area (Å²) in [5.74, 6) is -4.33. The number of rotatable bonds is 1. The Kier molecular flexibility index (Phi) is 2.91. The molecule has 0 bridgehead atoms. The Morgan fingerprint density at radius 1 is 0.952 bits per heavy atom. The van der Waals surface area contributed by atoms with E-state index in [0.717, 1.165) is 11.0 Å². The van der Waals surface area contributed by atoms with E-state index in [2.05, 4.69) is 0 Å². The fourth-order valence-corrected chi connectivity index (χ4v) is 2.23. The highest BCUT2D eigenvalue weighted by molar-refractivity contribution is 6.35. The predicted octanol–water partition coefficient (Wildman–Crippen LogP) is 3.12. The maximum atomic E-state index is 13.2. The quantitative estimate of drug-likeness (QED) is 0.823. The number of hydrogen-bond donors (Lipinski definition) is 1. The number of imide groups is 1. The molecule has 0 unspecified atom stereocenters. The molecule has 4 nitrogen and oxygen atoms in total. The van der Waals surface area contributed by atoms with Crippen molar-refractivity contribution < 1.29 is 23.5 Å². The van der Waals surface area contributed by atoms with Gasteiger partial charge in [-0.3, -0.25) is 9.59 Å². The molecule has 0 fully saturated rings. The van der Waals surface area contributed by atoms with Crippen molar-refractivity contribution in [3.8, 4) is 5.75 Å². The number of amides is 2. The van der Waals surface area contributed by atoms with Crippen LogP contribution in [0.5, 0.6) is 5.75 Å². The molecular formula is C14H6ClF2NO3. The van der Waals surface area contributed by atoms with Crippen LogP contribution >= 0.6 is 11.6 Å². The fraction of sp³-hybridized carbons (Fsp3) is 0. The van der Waals surface area contributed by atoms with E-state index in [1.54, 1.807) is 0 Å². The maximum absolute atomic E-state index is 13.2. The molecule has 0 saturated heterocycles. The van der Waals surface area contributed by atoms with Crippen LogP contribution in [-0.2, 0) is 0 Å². The van der Waals surface area contributed by atoms with E-state index in [1.807, 2.05) is 0 Å². The number of halogens is 3. The molecule has 1 aliphatic rings. The van der Waals surface area contributed by atoms with E-state index in [9.17, 15) is 23.5 Å². The first-order chi connectivity index (χ1) is 9.90. The molecule has 1 N–H and O–H groups in total. The summed E-state index contributed by atoms with van der Waals surface area (Å²) in [5, 5.41) is 9.59. The Balaban J connectivity index is 2.13. The maximum Gasteiger partial charge on any atom is 0.266 e. The van der Waals surface area contributed by atoms with Gasteiger partial charge in [-0.15, -0.1) is 0 Å². The standard InChI is InChI=1S/C14H6ClF2NO3/c15-9-2-1-6(3-12(9)19)18-13(20)7-4-10(16)11(17)5-8(7)14(18)21/h1-5,19H. The zero-order chi connectivity index (χ0) is 15.3. The normalized spacial score (nSPS) is 13.8. The monoisotopic (exact) mass is 309 g/mol. The minimum absolute atomic E-state index is 0.0486. The van der Waals surface area contributed by atoms with E-state index in [4.69, 9.17) is 11.6 Å². The third kappa shape index (κ3) is 1.95. The molecule has 2 amide bonds. The van der Waals surface area contributed by atoms with E-state index in [1.165, 1.54) is 12.1 Å². The van der Waals surface area contributed by atoms with Gasteiger partial charge in [-0.1, -0.05) is 11.6 Å². The molecule has 2 aromatic rings. The number of nitrogens with zero attached hydrogens (tertiary/aromatic N) is 1. The van der Waals surface area contributed by atoms with Gasteiger partial charge in [0.15, 0.2) is 11.6 Å². The second-order valence-electron chi connectivity index (χ2n) is 4.39. The molecule has 0 saturated carbocycles. The van der Waals surface area contributed by atoms with Gasteiger partial charge in [-0.2, -0.15) is 0 Å². The number of fused-ring (bicyclic) bond motifs is 1. The second-order valence-corrected chi connectivity index (χ2v) is 4.80. The molecule has 21 heavy (non-hydrogen) atoms. The van der Waals surface area contributed by atoms with Gasteiger partial charge in [0, 0.05) is 6.07 Å². The van der Waals surface area contributed by atoms with E-state index in [0.29, 0.717) is 12.1 Å². The van der Waals surface area contributed by atoms with Crippen LogP contribution < -0.4 is 4.90 Å². The molecule has 0 radical (unpaired) electrons. The molecule has 7 heteroatoms. The van der Waals surface area contributed by atoms with Crippen LogP contribution in [0.25, 0.3) is 0 Å². The fourth-order valence-electron chi connectivity index (χ4n) is 2.11. The number of hydrogen-bond acceptors (Lipinski definition) is 3. The van der Waals surface area contributed by atoms with Crippen molar-refractivity contribution in [3.63, 3.8) is 0 Å². The highest BCUT2D eigenvalue weighted by Gasteiger charge is 2.38. The third-order valence-corrected chi connectivity index (χ3v) is 3.43. The summed E-state index contributed by atoms with van der Waals surface area (Å²) in [6.07, 6.45) is 0. The predicted molar refractivity (Wildman–Crippen MR) is 70.6 cm³/mol. The summed E-state index contributed by atoms with van der Waals surface area (Å²) in [4.78, 5) is 25.1. The molecular weight excluding hydrogens is 304 g/mol. The van der Waals surface area contributed by atoms with Gasteiger partial charge < -0.3 is 5.11 Å². The van der Waals surface area contributed by atoms with Gasteiger partial charge in [0.1, 0.15) is 5.75 Å². The lowest BCUT2D eigenvalue weighted by Crippen LogP contribution is -2.29. The number of benzene rings is 2. The van der Waals surface area contributed by atoms with Gasteiger partial charge in [0.2, 0.25) is 0 Å². The first kappa shape index (κ1) is 13.5. The Morgan fingerprint density at radius 2 is 1.48 bits per heavy atom. The zero-order valence-corrected chi connectivity index (χ0v) is 11.0. The lowest BCUT2D eigenvalue weighted by atomic mass is 10.1. The van der Waals surface area contributed by atoms with Crippen molar-refractivity contribution in [1.29, 1.82) is 0 Å². The topological polar surface area (TPSA) is 57.6 Å². The summed E-state index contributed by atoms with van der Waals surface area (Å²) in [6.45, 7) is 0. The molecule has 0 spiro atoms. The smallest absolute Gasteiger partial charge is 0.266 e. The SMILES string of the molecule is O=C1c2cc(F)c(F)cc2C(=O)N1c1ccc(Cl)c(O)c1. The Labute approximate surface area is 122 Å². The van der Waals surface area contributed by atoms with Crippen molar-refractivity contribution in [1.82, 2.24) is 0 Å². The summed E-state index contributed by atoms with van der Waals surface area (Å²) < 4.78 is 26.4. The Bertz CT molecular complexity index is 766. The largest absolute Gasteiger partial charge is 0.506 e. The number of aromatic hydroxyl groups is 1. The van der Waals surface area contributed by atoms with E-state index in [-0.39, 0.29) is 27.6 Å². The number of phenols is 1. The number of carbonyl (C=O) groups is 2. The second kappa shape index (κ2) is 4.53. The highest BCUT2D eigenvalue weighted by Crippen LogP contribution is 2.33. The van der Waals surface area contributed by atoms with Crippen LogP contribution in [0, 0.1) is 11.6 Å². The summed E-state index contributed by atoms with van der Waals surface area (Å²) in [6, 6.07) is 5.13. The van der Waals surface area contributed by atoms with Gasteiger partial charge >= 0.3 is 0 Å². The van der Waals surface area contributed by atoms with E-state index >= 15 is 0 Å². The third-order valence-electron chi connectivity index (χ3n) is 3.12. The zero-order valence-electron chi connectivity index (χ0n) is 10.2. The lowest BCUT2D eigenvalue weighted by Gasteiger charge is -2.14. The van der Waals surface area contributed by atoms with Gasteiger partial charge in [0.25, 0.3) is 11.8 Å². The summed E-state index contributed by atoms with van der Waals surface area (Å²) in [7, 11) is 0. The van der Waals surface area contributed by atoms with Crippen molar-refractivity contribution in [2.24, 2.45) is 0 Å². The van der Waals surface area contributed by atoms with Crippen LogP contribution in [0.4, 0.5) is 14.5 Å². The first-order valence-corrected chi connectivity index (χ1v) is 6.14. The molecule has 0 aromatic heterocycles. The summed E-state index contributed by atoms with van der Waals surface area (Å²) >= 11 is 5.65. The molecule has 106 valence electrons. The first-order valence-electron chi connectivity index (χ1n) is 5.76. The minimum atomic E-state index is -1.21. The van der Waals surface area contributed by atoms with Crippen molar-refractivity contribution >= 4 is 29.1 Å². The van der Waals surface area contributed by atoms with Gasteiger partial charge in [0.05, 0.1) is 21.8 Å². The Morgan fingerprint density at radius 3 is 1.95 bits per heavy atom. The van der Waals surface area contributed by atoms with Crippen LogP contribution in [0.3, 0.4) is 0 Å². The Hall–Kier alpha value is -2.47. The van der Waals surface area contributed by atoms with Crippen LogP contribution in [0.2, 0.25) is 5.02 Å². The van der Waals surface area contributed by atoms with Crippen molar-refractivity contribution in [2.45, 2.75) is 0 Å². The van der Waals surface area contributed by atoms with Crippen LogP contribution in [0.1, 0.15) is 20.7 Å². The van der Waals surface area contributed by atoms with Gasteiger partial charge in [-0.05, 0) is 24.3 Å². The minimum Gasteiger partial charge on any atom is -0.506 e. The highest BCUT2D eigenvalue weighted by atomic mass is 35.5. The van der Waals surface area contributed by atoms with E-state index < -0.39 is 23.4 Å². The average Bonchev–Trinajstić information content (AvgIpc) is 2.66. The average molecular weight is 310 g/mol. The molecule has 3 rings (SSSR count). The van der Waals surface area contributed by atoms with Crippen molar-refractivity contribution in [3.05, 3.63) is 58.1 Å². The molecule has 1 heterocycles. The summed E-state index contributed by atoms with van der Waals surface area (Å²) in [5.41, 5.74) is -0.398. The molecule has 0 aliphatic carbocycles. The molecule has 0 atom stereocenters. The van der Waals surface area contributed by atoms with Crippen LogP contribution in [0.15, 0.2) is 30.3 Å². The molecule has 2 aromatic carbocycles. The molecule has 1 aliphatic heterocycles. The van der Waals surface area contributed by atoms with Crippen molar-refractivity contribution in [2.75, 3.05) is 4.90 Å². The number of carbonyl (C=O) groups excluding carboxylic acids is 2.